The Hall–Kier alpha value is -3.08. The highest BCUT2D eigenvalue weighted by molar-refractivity contribution is 5.98. The smallest absolute Gasteiger partial charge is 0.246 e. The molecule has 28 heavy (non-hydrogen) atoms. The van der Waals surface area contributed by atoms with Gasteiger partial charge in [-0.25, -0.2) is 0 Å². The number of likely N-dealkylation sites (tertiary alicyclic amines) is 1. The lowest BCUT2D eigenvalue weighted by molar-refractivity contribution is -0.127. The Labute approximate surface area is 165 Å². The Morgan fingerprint density at radius 3 is 2.36 bits per heavy atom. The molecule has 0 spiro atoms. The Balaban J connectivity index is 1.60. The number of hydrogen-bond acceptors (Lipinski definition) is 4. The standard InChI is InChI=1S/C23H25NO4/c1-27-20-9-10-21(28-2)19(16-20)8-11-22(25)24-14-12-18(13-15-24)23(26)17-6-4-3-5-7-17/h3-11,16,18H,12-15H2,1-2H3. The molecule has 1 heterocycles. The van der Waals surface area contributed by atoms with E-state index in [2.05, 4.69) is 0 Å². The van der Waals surface area contributed by atoms with Crippen LogP contribution >= 0.6 is 0 Å². The van der Waals surface area contributed by atoms with E-state index in [4.69, 9.17) is 9.47 Å². The van der Waals surface area contributed by atoms with Gasteiger partial charge in [-0.3, -0.25) is 9.59 Å². The molecule has 0 N–H and O–H groups in total. The molecular weight excluding hydrogens is 354 g/mol. The van der Waals surface area contributed by atoms with E-state index in [1.54, 1.807) is 31.3 Å². The third kappa shape index (κ3) is 4.60. The summed E-state index contributed by atoms with van der Waals surface area (Å²) >= 11 is 0. The summed E-state index contributed by atoms with van der Waals surface area (Å²) in [5, 5.41) is 0. The normalized spacial score (nSPS) is 14.9. The van der Waals surface area contributed by atoms with E-state index in [0.717, 1.165) is 11.1 Å². The number of nitrogens with zero attached hydrogens (tertiary/aromatic N) is 1. The largest absolute Gasteiger partial charge is 0.497 e. The molecule has 5 heteroatoms. The van der Waals surface area contributed by atoms with E-state index in [1.807, 2.05) is 48.5 Å². The van der Waals surface area contributed by atoms with Gasteiger partial charge >= 0.3 is 0 Å². The Bertz CT molecular complexity index is 852. The molecule has 1 amide bonds. The second-order valence-electron chi connectivity index (χ2n) is 6.77. The molecule has 0 saturated carbocycles. The van der Waals surface area contributed by atoms with Crippen LogP contribution in [0.1, 0.15) is 28.8 Å². The number of rotatable bonds is 6. The SMILES string of the molecule is COc1ccc(OC)c(C=CC(=O)N2CCC(C(=O)c3ccccc3)CC2)c1. The highest BCUT2D eigenvalue weighted by Crippen LogP contribution is 2.26. The monoisotopic (exact) mass is 379 g/mol. The van der Waals surface area contributed by atoms with Crippen molar-refractivity contribution in [2.45, 2.75) is 12.8 Å². The zero-order valence-electron chi connectivity index (χ0n) is 16.3. The maximum Gasteiger partial charge on any atom is 0.246 e. The topological polar surface area (TPSA) is 55.8 Å². The molecule has 1 aliphatic rings. The molecule has 0 aromatic heterocycles. The van der Waals surface area contributed by atoms with Crippen LogP contribution in [0.2, 0.25) is 0 Å². The number of methoxy groups -OCH3 is 2. The minimum Gasteiger partial charge on any atom is -0.497 e. The van der Waals surface area contributed by atoms with Gasteiger partial charge in [0.1, 0.15) is 11.5 Å². The van der Waals surface area contributed by atoms with Gasteiger partial charge in [-0.2, -0.15) is 0 Å². The van der Waals surface area contributed by atoms with Crippen molar-refractivity contribution in [1.29, 1.82) is 0 Å². The highest BCUT2D eigenvalue weighted by atomic mass is 16.5. The van der Waals surface area contributed by atoms with Crippen molar-refractivity contribution in [3.05, 3.63) is 65.7 Å². The van der Waals surface area contributed by atoms with Crippen LogP contribution in [-0.4, -0.2) is 43.9 Å². The highest BCUT2D eigenvalue weighted by Gasteiger charge is 2.27. The van der Waals surface area contributed by atoms with E-state index in [0.29, 0.717) is 37.4 Å². The lowest BCUT2D eigenvalue weighted by Crippen LogP contribution is -2.39. The second-order valence-corrected chi connectivity index (χ2v) is 6.77. The summed E-state index contributed by atoms with van der Waals surface area (Å²) in [6, 6.07) is 14.8. The van der Waals surface area contributed by atoms with Gasteiger partial charge in [-0.15, -0.1) is 0 Å². The fourth-order valence-corrected chi connectivity index (χ4v) is 3.44. The summed E-state index contributed by atoms with van der Waals surface area (Å²) in [6.45, 7) is 1.17. The molecular formula is C23H25NO4. The summed E-state index contributed by atoms with van der Waals surface area (Å²) < 4.78 is 10.6. The Morgan fingerprint density at radius 1 is 1.00 bits per heavy atom. The van der Waals surface area contributed by atoms with Crippen molar-refractivity contribution >= 4 is 17.8 Å². The minimum absolute atomic E-state index is 0.0195. The molecule has 1 fully saturated rings. The fourth-order valence-electron chi connectivity index (χ4n) is 3.44. The van der Waals surface area contributed by atoms with Gasteiger partial charge in [0.05, 0.1) is 14.2 Å². The third-order valence-electron chi connectivity index (χ3n) is 5.08. The number of ketones is 1. The molecule has 1 aliphatic heterocycles. The molecule has 0 aliphatic carbocycles. The van der Waals surface area contributed by atoms with Crippen molar-refractivity contribution in [2.75, 3.05) is 27.3 Å². The Morgan fingerprint density at radius 2 is 1.71 bits per heavy atom. The van der Waals surface area contributed by atoms with Crippen LogP contribution in [0.25, 0.3) is 6.08 Å². The van der Waals surface area contributed by atoms with Crippen molar-refractivity contribution in [2.24, 2.45) is 5.92 Å². The quantitative estimate of drug-likeness (QED) is 0.565. The predicted molar refractivity (Wildman–Crippen MR) is 109 cm³/mol. The first kappa shape index (κ1) is 19.7. The molecule has 3 rings (SSSR count). The third-order valence-corrected chi connectivity index (χ3v) is 5.08. The maximum absolute atomic E-state index is 12.6. The lowest BCUT2D eigenvalue weighted by Gasteiger charge is -2.30. The van der Waals surface area contributed by atoms with Gasteiger partial charge in [-0.1, -0.05) is 30.3 Å². The average Bonchev–Trinajstić information content (AvgIpc) is 2.77. The van der Waals surface area contributed by atoms with Crippen LogP contribution in [0, 0.1) is 5.92 Å². The van der Waals surface area contributed by atoms with Crippen molar-refractivity contribution in [1.82, 2.24) is 4.90 Å². The summed E-state index contributed by atoms with van der Waals surface area (Å²) in [4.78, 5) is 26.9. The molecule has 0 bridgehead atoms. The lowest BCUT2D eigenvalue weighted by atomic mass is 9.89. The molecule has 0 atom stereocenters. The van der Waals surface area contributed by atoms with Crippen molar-refractivity contribution < 1.29 is 19.1 Å². The summed E-state index contributed by atoms with van der Waals surface area (Å²) in [6.07, 6.45) is 4.67. The predicted octanol–water partition coefficient (Wildman–Crippen LogP) is 3.84. The minimum atomic E-state index is -0.0597. The van der Waals surface area contributed by atoms with E-state index in [1.165, 1.54) is 0 Å². The van der Waals surface area contributed by atoms with E-state index in [-0.39, 0.29) is 17.6 Å². The summed E-state index contributed by atoms with van der Waals surface area (Å²) in [7, 11) is 3.19. The van der Waals surface area contributed by atoms with Crippen LogP contribution in [0.4, 0.5) is 0 Å². The Kier molecular flexibility index (Phi) is 6.48. The van der Waals surface area contributed by atoms with Gasteiger partial charge in [-0.05, 0) is 37.1 Å². The average molecular weight is 379 g/mol. The summed E-state index contributed by atoms with van der Waals surface area (Å²) in [5.41, 5.74) is 1.53. The van der Waals surface area contributed by atoms with Crippen molar-refractivity contribution in [3.63, 3.8) is 0 Å². The van der Waals surface area contributed by atoms with Crippen LogP contribution in [-0.2, 0) is 4.79 Å². The number of piperidine rings is 1. The second kappa shape index (κ2) is 9.22. The van der Waals surface area contributed by atoms with E-state index >= 15 is 0 Å². The van der Waals surface area contributed by atoms with Gasteiger partial charge in [0.2, 0.25) is 5.91 Å². The number of carbonyl (C=O) groups excluding carboxylic acids is 2. The van der Waals surface area contributed by atoms with Crippen LogP contribution in [0.3, 0.4) is 0 Å². The van der Waals surface area contributed by atoms with Gasteiger partial charge < -0.3 is 14.4 Å². The molecule has 2 aromatic rings. The first-order valence-corrected chi connectivity index (χ1v) is 9.40. The van der Waals surface area contributed by atoms with Crippen LogP contribution in [0.5, 0.6) is 11.5 Å². The number of ether oxygens (including phenoxy) is 2. The van der Waals surface area contributed by atoms with Gasteiger partial charge in [0.15, 0.2) is 5.78 Å². The zero-order chi connectivity index (χ0) is 19.9. The number of benzene rings is 2. The number of carbonyl (C=O) groups is 2. The molecule has 2 aromatic carbocycles. The molecule has 1 saturated heterocycles. The van der Waals surface area contributed by atoms with Gasteiger partial charge in [0.25, 0.3) is 0 Å². The first-order chi connectivity index (χ1) is 13.6. The molecule has 0 radical (unpaired) electrons. The summed E-state index contributed by atoms with van der Waals surface area (Å²) in [5.74, 6) is 1.47. The first-order valence-electron chi connectivity index (χ1n) is 9.40. The van der Waals surface area contributed by atoms with Crippen LogP contribution in [0.15, 0.2) is 54.6 Å². The number of hydrogen-bond donors (Lipinski definition) is 0. The molecule has 5 nitrogen and oxygen atoms in total. The zero-order valence-corrected chi connectivity index (χ0v) is 16.3. The fraction of sp³-hybridized carbons (Fsp3) is 0.304. The number of amides is 1. The maximum atomic E-state index is 12.6. The van der Waals surface area contributed by atoms with E-state index in [9.17, 15) is 9.59 Å². The van der Waals surface area contributed by atoms with Gasteiger partial charge in [0, 0.05) is 36.2 Å². The molecule has 0 unspecified atom stereocenters. The molecule has 146 valence electrons. The number of Topliss-reactive ketones (excluding diaryl/α,β-unsaturated/α-hetero) is 1. The van der Waals surface area contributed by atoms with E-state index < -0.39 is 0 Å². The van der Waals surface area contributed by atoms with Crippen LogP contribution < -0.4 is 9.47 Å². The van der Waals surface area contributed by atoms with Crippen molar-refractivity contribution in [3.8, 4) is 11.5 Å².